The first-order chi connectivity index (χ1) is 46.8. The van der Waals surface area contributed by atoms with E-state index in [0.717, 1.165) is 22.3 Å². The van der Waals surface area contributed by atoms with Gasteiger partial charge in [0.05, 0.1) is 6.61 Å². The highest BCUT2D eigenvalue weighted by atomic mass is 16.7. The standard InChI is InChI=1S/C74H82N6O16/c1-3-40-90-66-65(96-64(82)46-76-69(84)59(42-52-28-14-6-15-29-52)78-71(86)61(44-54-32-18-8-19-33-54)80-74(88)94-49-57-38-24-11-25-39-57)62(95-72(89-4-2)67(66)92-47-55-34-20-9-21-35-55)50-91-63(81)45-75-68(83)58(41-51-26-12-5-13-27-51)77-70(85)60(43-53-30-16-7-17-31-53)79-73(87)93-48-56-36-22-10-23-37-56/h5-39,58-62,65-67,72H,3-4,40-50H2,1-2H3,(H,75,83)(H,76,84)(H,77,85)(H,78,86)(H,79,87)(H,80,88)/t58-,59-,60-,61-,62+,65+,66-,67+,72?/m0/s1. The lowest BCUT2D eigenvalue weighted by Crippen LogP contribution is -2.62. The minimum Gasteiger partial charge on any atom is -0.461 e. The third-order valence-corrected chi connectivity index (χ3v) is 15.3. The molecule has 22 nitrogen and oxygen atoms in total. The first-order valence-electron chi connectivity index (χ1n) is 32.0. The number of nitrogens with one attached hydrogen (secondary N) is 6. The van der Waals surface area contributed by atoms with Gasteiger partial charge in [-0.3, -0.25) is 28.8 Å². The van der Waals surface area contributed by atoms with Gasteiger partial charge in [0, 0.05) is 38.9 Å². The van der Waals surface area contributed by atoms with Crippen LogP contribution in [0.3, 0.4) is 0 Å². The number of esters is 2. The van der Waals surface area contributed by atoms with Crippen LogP contribution in [0.2, 0.25) is 0 Å². The summed E-state index contributed by atoms with van der Waals surface area (Å²) in [6.45, 7) is 1.83. The monoisotopic (exact) mass is 1310 g/mol. The fourth-order valence-corrected chi connectivity index (χ4v) is 10.4. The van der Waals surface area contributed by atoms with Crippen molar-refractivity contribution in [1.82, 2.24) is 31.9 Å². The van der Waals surface area contributed by atoms with E-state index >= 15 is 0 Å². The van der Waals surface area contributed by atoms with Crippen LogP contribution in [0.25, 0.3) is 0 Å². The van der Waals surface area contributed by atoms with Crippen LogP contribution in [0.5, 0.6) is 0 Å². The Morgan fingerprint density at radius 3 is 1.10 bits per heavy atom. The molecule has 1 heterocycles. The van der Waals surface area contributed by atoms with E-state index in [9.17, 15) is 38.4 Å². The van der Waals surface area contributed by atoms with E-state index in [1.165, 1.54) is 0 Å². The molecular weight excluding hydrogens is 1230 g/mol. The highest BCUT2D eigenvalue weighted by molar-refractivity contribution is 5.94. The summed E-state index contributed by atoms with van der Waals surface area (Å²) >= 11 is 0. The number of amides is 6. The minimum atomic E-state index is -1.40. The molecule has 0 aliphatic carbocycles. The maximum absolute atomic E-state index is 14.4. The highest BCUT2D eigenvalue weighted by Gasteiger charge is 2.51. The summed E-state index contributed by atoms with van der Waals surface area (Å²) in [5, 5.41) is 16.1. The van der Waals surface area contributed by atoms with E-state index in [1.54, 1.807) is 165 Å². The van der Waals surface area contributed by atoms with Crippen LogP contribution in [0.1, 0.15) is 59.2 Å². The molecule has 9 atom stereocenters. The van der Waals surface area contributed by atoms with Crippen molar-refractivity contribution < 1.29 is 76.3 Å². The number of carbonyl (C=O) groups is 8. The van der Waals surface area contributed by atoms with Crippen LogP contribution in [0, 0.1) is 0 Å². The molecule has 0 spiro atoms. The summed E-state index contributed by atoms with van der Waals surface area (Å²) < 4.78 is 48.5. The average Bonchev–Trinajstić information content (AvgIpc) is 0.793. The largest absolute Gasteiger partial charge is 0.461 e. The second-order valence-electron chi connectivity index (χ2n) is 22.6. The molecule has 1 saturated heterocycles. The first kappa shape index (κ1) is 71.6. The molecule has 1 fully saturated rings. The van der Waals surface area contributed by atoms with Gasteiger partial charge < -0.3 is 69.8 Å². The zero-order chi connectivity index (χ0) is 67.7. The van der Waals surface area contributed by atoms with E-state index in [4.69, 9.17) is 37.9 Å². The van der Waals surface area contributed by atoms with Crippen LogP contribution >= 0.6 is 0 Å². The molecule has 22 heteroatoms. The van der Waals surface area contributed by atoms with Gasteiger partial charge in [0.2, 0.25) is 23.6 Å². The van der Waals surface area contributed by atoms with Gasteiger partial charge in [0.15, 0.2) is 12.4 Å². The lowest BCUT2D eigenvalue weighted by atomic mass is 9.98. The van der Waals surface area contributed by atoms with Crippen LogP contribution in [0.15, 0.2) is 212 Å². The minimum absolute atomic E-state index is 0.0121. The summed E-state index contributed by atoms with van der Waals surface area (Å²) in [4.78, 5) is 112. The summed E-state index contributed by atoms with van der Waals surface area (Å²) in [5.41, 5.74) is 5.04. The molecule has 7 aromatic rings. The Hall–Kier alpha value is -10.3. The quantitative estimate of drug-likeness (QED) is 0.0167. The number of carbonyl (C=O) groups excluding carboxylic acids is 8. The molecule has 0 bridgehead atoms. The highest BCUT2D eigenvalue weighted by Crippen LogP contribution is 2.31. The predicted molar refractivity (Wildman–Crippen MR) is 354 cm³/mol. The van der Waals surface area contributed by atoms with Crippen molar-refractivity contribution in [2.75, 3.05) is 32.9 Å². The molecule has 6 amide bonds. The normalized spacial score (nSPS) is 16.9. The number of rotatable bonds is 35. The van der Waals surface area contributed by atoms with Crippen molar-refractivity contribution in [2.24, 2.45) is 0 Å². The number of hydrogen-bond donors (Lipinski definition) is 6. The Kier molecular flexibility index (Phi) is 28.9. The molecule has 1 aliphatic rings. The van der Waals surface area contributed by atoms with E-state index in [1.807, 2.05) is 61.5 Å². The first-order valence-corrected chi connectivity index (χ1v) is 32.0. The lowest BCUT2D eigenvalue weighted by Gasteiger charge is -2.45. The van der Waals surface area contributed by atoms with Crippen LogP contribution in [0.4, 0.5) is 9.59 Å². The topological polar surface area (TPSA) is 283 Å². The molecule has 8 rings (SSSR count). The molecule has 0 saturated carbocycles. The molecule has 7 aromatic carbocycles. The zero-order valence-electron chi connectivity index (χ0n) is 53.6. The molecule has 0 radical (unpaired) electrons. The molecule has 6 N–H and O–H groups in total. The van der Waals surface area contributed by atoms with Gasteiger partial charge in [-0.25, -0.2) is 9.59 Å². The third-order valence-electron chi connectivity index (χ3n) is 15.3. The fraction of sp³-hybridized carbons (Fsp3) is 0.324. The van der Waals surface area contributed by atoms with Gasteiger partial charge in [-0.1, -0.05) is 219 Å². The van der Waals surface area contributed by atoms with Crippen molar-refractivity contribution in [3.63, 3.8) is 0 Å². The van der Waals surface area contributed by atoms with E-state index in [2.05, 4.69) is 31.9 Å². The second kappa shape index (κ2) is 38.8. The molecule has 96 heavy (non-hydrogen) atoms. The van der Waals surface area contributed by atoms with Crippen LogP contribution < -0.4 is 31.9 Å². The SMILES string of the molecule is CCCO[C@H]1[C@H](OC(=O)CNC(=O)[C@H](Cc2ccccc2)NC(=O)[C@H](Cc2ccccc2)NC(=O)OCc2ccccc2)[C@@H](COC(=O)CNC(=O)[C@H](Cc2ccccc2)NC(=O)[C@H](Cc2ccccc2)NC(=O)OCc2ccccc2)OC(OCC)[C@@H]1OCc1ccccc1. The van der Waals surface area contributed by atoms with Gasteiger partial charge in [0.1, 0.15) is 75.4 Å². The van der Waals surface area contributed by atoms with Crippen molar-refractivity contribution in [3.05, 3.63) is 251 Å². The predicted octanol–water partition coefficient (Wildman–Crippen LogP) is 7.35. The maximum Gasteiger partial charge on any atom is 0.408 e. The van der Waals surface area contributed by atoms with Gasteiger partial charge in [-0.05, 0) is 52.3 Å². The van der Waals surface area contributed by atoms with Gasteiger partial charge >= 0.3 is 24.1 Å². The number of hydrogen-bond acceptors (Lipinski definition) is 16. The Morgan fingerprint density at radius 2 is 0.729 bits per heavy atom. The Bertz CT molecular complexity index is 3530. The third kappa shape index (κ3) is 23.9. The van der Waals surface area contributed by atoms with Crippen molar-refractivity contribution in [1.29, 1.82) is 0 Å². The Morgan fingerprint density at radius 1 is 0.375 bits per heavy atom. The number of ether oxygens (including phenoxy) is 8. The Labute approximate surface area is 558 Å². The summed E-state index contributed by atoms with van der Waals surface area (Å²) in [6, 6.07) is 58.1. The number of alkyl carbamates (subject to hydrolysis) is 2. The average molecular weight is 1310 g/mol. The van der Waals surface area contributed by atoms with Crippen molar-refractivity contribution in [3.8, 4) is 0 Å². The molecule has 0 aromatic heterocycles. The smallest absolute Gasteiger partial charge is 0.408 e. The van der Waals surface area contributed by atoms with Gasteiger partial charge in [-0.2, -0.15) is 0 Å². The second-order valence-corrected chi connectivity index (χ2v) is 22.6. The van der Waals surface area contributed by atoms with Crippen LogP contribution in [-0.4, -0.2) is 136 Å². The molecule has 504 valence electrons. The van der Waals surface area contributed by atoms with E-state index < -0.39 is 122 Å². The van der Waals surface area contributed by atoms with Gasteiger partial charge in [-0.15, -0.1) is 0 Å². The van der Waals surface area contributed by atoms with E-state index in [-0.39, 0.29) is 58.7 Å². The summed E-state index contributed by atoms with van der Waals surface area (Å²) in [7, 11) is 0. The van der Waals surface area contributed by atoms with Crippen molar-refractivity contribution >= 4 is 47.8 Å². The summed E-state index contributed by atoms with van der Waals surface area (Å²) in [5.74, 6) is -4.86. The maximum atomic E-state index is 14.4. The molecule has 1 aliphatic heterocycles. The molecule has 1 unspecified atom stereocenters. The summed E-state index contributed by atoms with van der Waals surface area (Å²) in [6.07, 6.45) is -7.21. The van der Waals surface area contributed by atoms with Crippen molar-refractivity contribution in [2.45, 2.75) is 121 Å². The number of benzene rings is 7. The van der Waals surface area contributed by atoms with Crippen LogP contribution in [-0.2, 0) is 112 Å². The molecular formula is C74H82N6O16. The fourth-order valence-electron chi connectivity index (χ4n) is 10.4. The van der Waals surface area contributed by atoms with Gasteiger partial charge in [0.25, 0.3) is 0 Å². The Balaban J connectivity index is 0.969. The van der Waals surface area contributed by atoms with E-state index in [0.29, 0.717) is 23.1 Å². The lowest BCUT2D eigenvalue weighted by molar-refractivity contribution is -0.319. The zero-order valence-corrected chi connectivity index (χ0v) is 53.6.